The van der Waals surface area contributed by atoms with Gasteiger partial charge in [0.15, 0.2) is 5.78 Å². The number of hydrogen-bond donors (Lipinski definition) is 0. The largest absolute Gasteiger partial charge is 0.411 e. The summed E-state index contributed by atoms with van der Waals surface area (Å²) in [6, 6.07) is 0. The Balaban J connectivity index is 3.51. The number of carbonyl (C=O) groups excluding carboxylic acids is 1. The van der Waals surface area contributed by atoms with Crippen molar-refractivity contribution in [3.8, 4) is 0 Å². The highest BCUT2D eigenvalue weighted by molar-refractivity contribution is 5.81. The molecule has 2 nitrogen and oxygen atoms in total. The molecule has 5 heteroatoms. The van der Waals surface area contributed by atoms with Crippen molar-refractivity contribution in [3.63, 3.8) is 0 Å². The highest BCUT2D eigenvalue weighted by Crippen LogP contribution is 2.14. The molecule has 0 aliphatic rings. The van der Waals surface area contributed by atoms with Gasteiger partial charge in [0.2, 0.25) is 0 Å². The molecule has 0 saturated carbocycles. The van der Waals surface area contributed by atoms with Crippen LogP contribution in [0.2, 0.25) is 0 Å². The van der Waals surface area contributed by atoms with Gasteiger partial charge in [0.05, 0.1) is 0 Å². The molecule has 0 spiro atoms. The lowest BCUT2D eigenvalue weighted by molar-refractivity contribution is -0.175. The molecular weight excluding hydrogens is 173 g/mol. The van der Waals surface area contributed by atoms with Gasteiger partial charge in [-0.3, -0.25) is 4.79 Å². The van der Waals surface area contributed by atoms with Crippen LogP contribution in [0.3, 0.4) is 0 Å². The Morgan fingerprint density at radius 1 is 1.42 bits per heavy atom. The zero-order valence-electron chi connectivity index (χ0n) is 6.94. The molecule has 72 valence electrons. The molecule has 0 N–H and O–H groups in total. The van der Waals surface area contributed by atoms with E-state index < -0.39 is 19.4 Å². The lowest BCUT2D eigenvalue weighted by Gasteiger charge is -2.07. The van der Waals surface area contributed by atoms with Crippen LogP contribution in [0.15, 0.2) is 0 Å². The second-order valence-electron chi connectivity index (χ2n) is 2.73. The summed E-state index contributed by atoms with van der Waals surface area (Å²) in [6.07, 6.45) is -4.35. The molecule has 0 aromatic rings. The Kier molecular flexibility index (Phi) is 4.23. The highest BCUT2D eigenvalue weighted by atomic mass is 19.4. The third-order valence-corrected chi connectivity index (χ3v) is 1.15. The molecule has 0 radical (unpaired) electrons. The number of ketones is 1. The van der Waals surface area contributed by atoms with Crippen molar-refractivity contribution in [3.05, 3.63) is 0 Å². The Morgan fingerprint density at radius 3 is 2.25 bits per heavy atom. The van der Waals surface area contributed by atoms with Gasteiger partial charge in [0, 0.05) is 5.92 Å². The van der Waals surface area contributed by atoms with Gasteiger partial charge in [-0.1, -0.05) is 13.8 Å². The molecule has 0 rings (SSSR count). The van der Waals surface area contributed by atoms with Crippen LogP contribution in [0.1, 0.15) is 13.8 Å². The van der Waals surface area contributed by atoms with E-state index in [-0.39, 0.29) is 11.7 Å². The summed E-state index contributed by atoms with van der Waals surface area (Å²) < 4.78 is 38.6. The Bertz CT molecular complexity index is 151. The molecule has 0 bridgehead atoms. The van der Waals surface area contributed by atoms with E-state index in [1.165, 1.54) is 0 Å². The Hall–Kier alpha value is -0.580. The van der Waals surface area contributed by atoms with Gasteiger partial charge in [-0.25, -0.2) is 0 Å². The van der Waals surface area contributed by atoms with Crippen molar-refractivity contribution in [2.45, 2.75) is 20.0 Å². The van der Waals surface area contributed by atoms with Crippen molar-refractivity contribution < 1.29 is 22.7 Å². The molecular formula is C7H11F3O2. The quantitative estimate of drug-likeness (QED) is 0.665. The maximum Gasteiger partial charge on any atom is 0.411 e. The molecule has 0 aromatic heterocycles. The number of rotatable bonds is 4. The average Bonchev–Trinajstić information content (AvgIpc) is 1.84. The minimum atomic E-state index is -4.35. The topological polar surface area (TPSA) is 26.3 Å². The predicted octanol–water partition coefficient (Wildman–Crippen LogP) is 1.79. The zero-order chi connectivity index (χ0) is 9.78. The maximum atomic E-state index is 11.5. The van der Waals surface area contributed by atoms with Gasteiger partial charge in [0.1, 0.15) is 13.2 Å². The summed E-state index contributed by atoms with van der Waals surface area (Å²) in [5.74, 6) is -0.600. The van der Waals surface area contributed by atoms with Gasteiger partial charge >= 0.3 is 6.18 Å². The van der Waals surface area contributed by atoms with E-state index in [0.29, 0.717) is 0 Å². The predicted molar refractivity (Wildman–Crippen MR) is 36.7 cm³/mol. The van der Waals surface area contributed by atoms with E-state index >= 15 is 0 Å². The fourth-order valence-electron chi connectivity index (χ4n) is 0.434. The van der Waals surface area contributed by atoms with Crippen molar-refractivity contribution in [2.75, 3.05) is 13.2 Å². The van der Waals surface area contributed by atoms with Gasteiger partial charge < -0.3 is 4.74 Å². The first-order chi connectivity index (χ1) is 5.33. The van der Waals surface area contributed by atoms with E-state index in [0.717, 1.165) is 0 Å². The van der Waals surface area contributed by atoms with Crippen LogP contribution in [0.5, 0.6) is 0 Å². The third-order valence-electron chi connectivity index (χ3n) is 1.15. The molecule has 0 fully saturated rings. The van der Waals surface area contributed by atoms with Crippen LogP contribution in [-0.4, -0.2) is 25.2 Å². The molecule has 0 aromatic carbocycles. The van der Waals surface area contributed by atoms with E-state index in [4.69, 9.17) is 0 Å². The van der Waals surface area contributed by atoms with Crippen LogP contribution >= 0.6 is 0 Å². The third kappa shape index (κ3) is 6.15. The molecule has 0 atom stereocenters. The van der Waals surface area contributed by atoms with Crippen LogP contribution in [0.4, 0.5) is 13.2 Å². The van der Waals surface area contributed by atoms with E-state index in [1.807, 2.05) is 0 Å². The Morgan fingerprint density at radius 2 is 1.92 bits per heavy atom. The fourth-order valence-corrected chi connectivity index (χ4v) is 0.434. The minimum Gasteiger partial charge on any atom is -0.364 e. The van der Waals surface area contributed by atoms with Crippen molar-refractivity contribution in [1.82, 2.24) is 0 Å². The van der Waals surface area contributed by atoms with E-state index in [2.05, 4.69) is 4.74 Å². The van der Waals surface area contributed by atoms with Gasteiger partial charge in [-0.05, 0) is 0 Å². The second kappa shape index (κ2) is 4.45. The van der Waals surface area contributed by atoms with Gasteiger partial charge in [-0.15, -0.1) is 0 Å². The fraction of sp³-hybridized carbons (Fsp3) is 0.857. The monoisotopic (exact) mass is 184 g/mol. The molecule has 0 heterocycles. The number of ether oxygens (including phenoxy) is 1. The molecule has 0 unspecified atom stereocenters. The number of halogens is 3. The first-order valence-corrected chi connectivity index (χ1v) is 3.50. The van der Waals surface area contributed by atoms with Crippen molar-refractivity contribution in [2.24, 2.45) is 5.92 Å². The van der Waals surface area contributed by atoms with Crippen molar-refractivity contribution >= 4 is 5.78 Å². The first kappa shape index (κ1) is 11.4. The molecule has 0 saturated heterocycles. The SMILES string of the molecule is CC(C)C(=O)COCC(F)(F)F. The smallest absolute Gasteiger partial charge is 0.364 e. The zero-order valence-corrected chi connectivity index (χ0v) is 6.94. The maximum absolute atomic E-state index is 11.5. The highest BCUT2D eigenvalue weighted by Gasteiger charge is 2.27. The van der Waals surface area contributed by atoms with Crippen LogP contribution < -0.4 is 0 Å². The molecule has 12 heavy (non-hydrogen) atoms. The molecule has 0 amide bonds. The summed E-state index contributed by atoms with van der Waals surface area (Å²) in [4.78, 5) is 10.7. The van der Waals surface area contributed by atoms with Crippen molar-refractivity contribution in [1.29, 1.82) is 0 Å². The molecule has 0 aliphatic heterocycles. The first-order valence-electron chi connectivity index (χ1n) is 3.50. The standard InChI is InChI=1S/C7H11F3O2/c1-5(2)6(11)3-12-4-7(8,9)10/h5H,3-4H2,1-2H3. The van der Waals surface area contributed by atoms with E-state index in [1.54, 1.807) is 13.8 Å². The lowest BCUT2D eigenvalue weighted by atomic mass is 10.1. The second-order valence-corrected chi connectivity index (χ2v) is 2.73. The van der Waals surface area contributed by atoms with Crippen LogP contribution in [-0.2, 0) is 9.53 Å². The summed E-state index contributed by atoms with van der Waals surface area (Å²) in [5.41, 5.74) is 0. The van der Waals surface area contributed by atoms with Crippen LogP contribution in [0.25, 0.3) is 0 Å². The van der Waals surface area contributed by atoms with Crippen LogP contribution in [0, 0.1) is 5.92 Å². The molecule has 0 aliphatic carbocycles. The minimum absolute atomic E-state index is 0.279. The van der Waals surface area contributed by atoms with Gasteiger partial charge in [0.25, 0.3) is 0 Å². The summed E-state index contributed by atoms with van der Waals surface area (Å²) in [5, 5.41) is 0. The number of hydrogen-bond acceptors (Lipinski definition) is 2. The Labute approximate surface area is 68.7 Å². The average molecular weight is 184 g/mol. The number of alkyl halides is 3. The summed E-state index contributed by atoms with van der Waals surface area (Å²) >= 11 is 0. The lowest BCUT2D eigenvalue weighted by Crippen LogP contribution is -2.22. The summed E-state index contributed by atoms with van der Waals surface area (Å²) in [6.45, 7) is 1.40. The number of Topliss-reactive ketones (excluding diaryl/α,β-unsaturated/α-hetero) is 1. The normalized spacial score (nSPS) is 12.2. The van der Waals surface area contributed by atoms with Gasteiger partial charge in [-0.2, -0.15) is 13.2 Å². The number of carbonyl (C=O) groups is 1. The van der Waals surface area contributed by atoms with E-state index in [9.17, 15) is 18.0 Å². The summed E-state index contributed by atoms with van der Waals surface area (Å²) in [7, 11) is 0.